The number of carbonyl (C=O) groups excluding carboxylic acids is 1. The number of carbonyl (C=O) groups is 1. The van der Waals surface area contributed by atoms with Crippen LogP contribution in [-0.4, -0.2) is 33.7 Å². The van der Waals surface area contributed by atoms with Gasteiger partial charge in [0, 0.05) is 5.56 Å². The standard InChI is InChI=1S/C32H29N3O4S/c1-3-39-27-16-14-26(15-17-27)35(40(37,38)28-18-12-23(2)13-19-28)22-32(36)34-33-21-31-29-10-6-4-8-24(29)20-25-9-5-7-11-30(25)31/h4-21H,3,22H2,1-2H3,(H,34,36)/b33-21+. The lowest BCUT2D eigenvalue weighted by Gasteiger charge is -2.24. The Bertz CT molecular complexity index is 1740. The zero-order chi connectivity index (χ0) is 28.1. The lowest BCUT2D eigenvalue weighted by atomic mass is 9.97. The number of anilines is 1. The van der Waals surface area contributed by atoms with Crippen LogP contribution in [-0.2, 0) is 14.8 Å². The maximum Gasteiger partial charge on any atom is 0.264 e. The molecule has 1 amide bonds. The monoisotopic (exact) mass is 551 g/mol. The van der Waals surface area contributed by atoms with Crippen LogP contribution in [0.3, 0.4) is 0 Å². The van der Waals surface area contributed by atoms with Gasteiger partial charge in [0.2, 0.25) is 0 Å². The summed E-state index contributed by atoms with van der Waals surface area (Å²) in [5.41, 5.74) is 4.66. The van der Waals surface area contributed by atoms with Crippen molar-refractivity contribution in [3.8, 4) is 5.75 Å². The number of benzene rings is 5. The van der Waals surface area contributed by atoms with Crippen LogP contribution >= 0.6 is 0 Å². The first kappa shape index (κ1) is 26.9. The smallest absolute Gasteiger partial charge is 0.264 e. The average Bonchev–Trinajstić information content (AvgIpc) is 2.96. The molecule has 202 valence electrons. The van der Waals surface area contributed by atoms with Gasteiger partial charge in [-0.1, -0.05) is 66.2 Å². The molecule has 1 N–H and O–H groups in total. The van der Waals surface area contributed by atoms with E-state index in [-0.39, 0.29) is 4.90 Å². The van der Waals surface area contributed by atoms with Gasteiger partial charge in [0.25, 0.3) is 15.9 Å². The highest BCUT2D eigenvalue weighted by Crippen LogP contribution is 2.28. The van der Waals surface area contributed by atoms with Gasteiger partial charge in [0.05, 0.1) is 23.4 Å². The Labute approximate surface area is 233 Å². The highest BCUT2D eigenvalue weighted by molar-refractivity contribution is 7.92. The highest BCUT2D eigenvalue weighted by Gasteiger charge is 2.27. The van der Waals surface area contributed by atoms with Gasteiger partial charge in [-0.3, -0.25) is 9.10 Å². The molecule has 0 saturated heterocycles. The summed E-state index contributed by atoms with van der Waals surface area (Å²) in [6, 6.07) is 31.2. The summed E-state index contributed by atoms with van der Waals surface area (Å²) in [5.74, 6) is 0.0284. The molecule has 0 heterocycles. The Balaban J connectivity index is 1.43. The molecule has 0 aromatic heterocycles. The summed E-state index contributed by atoms with van der Waals surface area (Å²) in [7, 11) is -4.05. The van der Waals surface area contributed by atoms with Gasteiger partial charge < -0.3 is 4.74 Å². The van der Waals surface area contributed by atoms with E-state index in [0.717, 1.165) is 37.0 Å². The second-order valence-electron chi connectivity index (χ2n) is 9.28. The number of rotatable bonds is 9. The first-order valence-corrected chi connectivity index (χ1v) is 14.4. The van der Waals surface area contributed by atoms with Gasteiger partial charge in [-0.25, -0.2) is 13.8 Å². The maximum atomic E-state index is 13.7. The predicted molar refractivity (Wildman–Crippen MR) is 161 cm³/mol. The molecule has 0 radical (unpaired) electrons. The van der Waals surface area contributed by atoms with Crippen molar-refractivity contribution in [2.45, 2.75) is 18.7 Å². The first-order chi connectivity index (χ1) is 19.4. The molecule has 0 aliphatic heterocycles. The fraction of sp³-hybridized carbons (Fsp3) is 0.125. The fourth-order valence-corrected chi connectivity index (χ4v) is 5.97. The molecule has 5 aromatic carbocycles. The number of amides is 1. The minimum Gasteiger partial charge on any atom is -0.494 e. The molecule has 0 fully saturated rings. The molecule has 0 unspecified atom stereocenters. The lowest BCUT2D eigenvalue weighted by molar-refractivity contribution is -0.119. The van der Waals surface area contributed by atoms with Crippen LogP contribution in [0.15, 0.2) is 113 Å². The molecule has 0 spiro atoms. The molecule has 0 aliphatic rings. The van der Waals surface area contributed by atoms with Crippen molar-refractivity contribution in [3.05, 3.63) is 114 Å². The van der Waals surface area contributed by atoms with Crippen molar-refractivity contribution in [3.63, 3.8) is 0 Å². The fourth-order valence-electron chi connectivity index (χ4n) is 4.55. The third-order valence-electron chi connectivity index (χ3n) is 6.53. The molecule has 8 heteroatoms. The van der Waals surface area contributed by atoms with Gasteiger partial charge in [0.15, 0.2) is 0 Å². The normalized spacial score (nSPS) is 11.7. The molecule has 0 saturated carbocycles. The number of ether oxygens (including phenoxy) is 1. The summed E-state index contributed by atoms with van der Waals surface area (Å²) >= 11 is 0. The Morgan fingerprint density at radius 3 is 2.08 bits per heavy atom. The van der Waals surface area contributed by atoms with Crippen molar-refractivity contribution >= 4 is 49.4 Å². The molecular weight excluding hydrogens is 522 g/mol. The second-order valence-corrected chi connectivity index (χ2v) is 11.1. The van der Waals surface area contributed by atoms with E-state index in [1.54, 1.807) is 42.6 Å². The quantitative estimate of drug-likeness (QED) is 0.137. The summed E-state index contributed by atoms with van der Waals surface area (Å²) in [5, 5.41) is 8.33. The minimum atomic E-state index is -4.05. The number of hydrogen-bond acceptors (Lipinski definition) is 5. The molecule has 0 atom stereocenters. The number of nitrogens with one attached hydrogen (secondary N) is 1. The van der Waals surface area contributed by atoms with Crippen LogP contribution in [0.25, 0.3) is 21.5 Å². The van der Waals surface area contributed by atoms with Crippen LogP contribution in [0.1, 0.15) is 18.1 Å². The van der Waals surface area contributed by atoms with Gasteiger partial charge in [-0.2, -0.15) is 5.10 Å². The van der Waals surface area contributed by atoms with Crippen molar-refractivity contribution in [2.24, 2.45) is 5.10 Å². The van der Waals surface area contributed by atoms with Crippen LogP contribution in [0.5, 0.6) is 5.75 Å². The third-order valence-corrected chi connectivity index (χ3v) is 8.32. The number of fused-ring (bicyclic) bond motifs is 2. The van der Waals surface area contributed by atoms with Gasteiger partial charge >= 0.3 is 0 Å². The van der Waals surface area contributed by atoms with Crippen LogP contribution in [0.4, 0.5) is 5.69 Å². The number of hydrazone groups is 1. The summed E-state index contributed by atoms with van der Waals surface area (Å²) < 4.78 is 33.9. The van der Waals surface area contributed by atoms with E-state index in [4.69, 9.17) is 4.74 Å². The number of sulfonamides is 1. The van der Waals surface area contributed by atoms with Crippen LogP contribution < -0.4 is 14.5 Å². The first-order valence-electron chi connectivity index (χ1n) is 12.9. The van der Waals surface area contributed by atoms with E-state index in [2.05, 4.69) is 16.6 Å². The minimum absolute atomic E-state index is 0.0884. The molecule has 5 rings (SSSR count). The maximum absolute atomic E-state index is 13.7. The summed E-state index contributed by atoms with van der Waals surface area (Å²) in [6.07, 6.45) is 1.61. The molecule has 0 bridgehead atoms. The zero-order valence-electron chi connectivity index (χ0n) is 22.2. The van der Waals surface area contributed by atoms with E-state index in [1.807, 2.05) is 62.4 Å². The van der Waals surface area contributed by atoms with Gasteiger partial charge in [0.1, 0.15) is 12.3 Å². The Morgan fingerprint density at radius 1 is 0.875 bits per heavy atom. The van der Waals surface area contributed by atoms with E-state index in [1.165, 1.54) is 12.1 Å². The van der Waals surface area contributed by atoms with Crippen molar-refractivity contribution in [2.75, 3.05) is 17.5 Å². The summed E-state index contributed by atoms with van der Waals surface area (Å²) in [4.78, 5) is 13.2. The largest absolute Gasteiger partial charge is 0.494 e. The van der Waals surface area contributed by atoms with Crippen molar-refractivity contribution < 1.29 is 17.9 Å². The molecule has 0 aliphatic carbocycles. The van der Waals surface area contributed by atoms with E-state index >= 15 is 0 Å². The van der Waals surface area contributed by atoms with E-state index in [9.17, 15) is 13.2 Å². The topological polar surface area (TPSA) is 88.1 Å². The Morgan fingerprint density at radius 2 is 1.48 bits per heavy atom. The van der Waals surface area contributed by atoms with Crippen molar-refractivity contribution in [1.82, 2.24) is 5.43 Å². The molecular formula is C32H29N3O4S. The van der Waals surface area contributed by atoms with Gasteiger partial charge in [-0.05, 0) is 77.9 Å². The number of aryl methyl sites for hydroxylation is 1. The Kier molecular flexibility index (Phi) is 7.79. The SMILES string of the molecule is CCOc1ccc(N(CC(=O)N/N=C/c2c3ccccc3cc3ccccc23)S(=O)(=O)c2ccc(C)cc2)cc1. The zero-order valence-corrected chi connectivity index (χ0v) is 23.1. The van der Waals surface area contributed by atoms with E-state index < -0.39 is 22.5 Å². The van der Waals surface area contributed by atoms with Crippen molar-refractivity contribution in [1.29, 1.82) is 0 Å². The molecule has 7 nitrogen and oxygen atoms in total. The predicted octanol–water partition coefficient (Wildman–Crippen LogP) is 6.05. The Hall–Kier alpha value is -4.69. The summed E-state index contributed by atoms with van der Waals surface area (Å²) in [6.45, 7) is 3.77. The number of hydrogen-bond donors (Lipinski definition) is 1. The van der Waals surface area contributed by atoms with Gasteiger partial charge in [-0.15, -0.1) is 0 Å². The third kappa shape index (κ3) is 5.67. The molecule has 40 heavy (non-hydrogen) atoms. The number of nitrogens with zero attached hydrogens (tertiary/aromatic N) is 2. The van der Waals surface area contributed by atoms with Crippen LogP contribution in [0, 0.1) is 6.92 Å². The second kappa shape index (κ2) is 11.6. The van der Waals surface area contributed by atoms with E-state index in [0.29, 0.717) is 18.0 Å². The highest BCUT2D eigenvalue weighted by atomic mass is 32.2. The van der Waals surface area contributed by atoms with Crippen LogP contribution in [0.2, 0.25) is 0 Å². The molecule has 5 aromatic rings. The lowest BCUT2D eigenvalue weighted by Crippen LogP contribution is -2.39. The average molecular weight is 552 g/mol.